The van der Waals surface area contributed by atoms with Crippen LogP contribution in [0.3, 0.4) is 0 Å². The van der Waals surface area contributed by atoms with Gasteiger partial charge in [0, 0.05) is 17.8 Å². The van der Waals surface area contributed by atoms with Crippen molar-refractivity contribution in [1.82, 2.24) is 4.90 Å². The van der Waals surface area contributed by atoms with Crippen LogP contribution in [-0.2, 0) is 25.8 Å². The van der Waals surface area contributed by atoms with Gasteiger partial charge in [0.2, 0.25) is 11.8 Å². The third-order valence-electron chi connectivity index (χ3n) is 3.97. The first kappa shape index (κ1) is 20.9. The fraction of sp³-hybridized carbons (Fsp3) is 0.263. The molecule has 0 atom stereocenters. The van der Waals surface area contributed by atoms with Gasteiger partial charge < -0.3 is 10.2 Å². The summed E-state index contributed by atoms with van der Waals surface area (Å²) in [6.45, 7) is 1.73. The van der Waals surface area contributed by atoms with E-state index in [1.165, 1.54) is 31.3 Å². The van der Waals surface area contributed by atoms with E-state index in [1.807, 2.05) is 25.1 Å². The lowest BCUT2D eigenvalue weighted by Crippen LogP contribution is -2.38. The second-order valence-corrected chi connectivity index (χ2v) is 8.45. The molecule has 2 amide bonds. The molecule has 1 N–H and O–H groups in total. The van der Waals surface area contributed by atoms with Crippen molar-refractivity contribution in [3.8, 4) is 0 Å². The summed E-state index contributed by atoms with van der Waals surface area (Å²) >= 11 is 5.75. The normalized spacial score (nSPS) is 11.1. The van der Waals surface area contributed by atoms with E-state index in [-0.39, 0.29) is 11.4 Å². The van der Waals surface area contributed by atoms with Crippen molar-refractivity contribution in [3.63, 3.8) is 0 Å². The molecule has 0 spiro atoms. The van der Waals surface area contributed by atoms with Crippen molar-refractivity contribution in [2.75, 3.05) is 24.7 Å². The summed E-state index contributed by atoms with van der Waals surface area (Å²) in [5.74, 6) is -1.77. The number of halogens is 1. The van der Waals surface area contributed by atoms with Crippen LogP contribution in [0.1, 0.15) is 12.5 Å². The molecule has 0 fully saturated rings. The molecule has 0 aliphatic carbocycles. The Labute approximate surface area is 164 Å². The van der Waals surface area contributed by atoms with E-state index in [0.717, 1.165) is 16.9 Å². The first-order valence-electron chi connectivity index (χ1n) is 8.33. The van der Waals surface area contributed by atoms with Crippen LogP contribution >= 0.6 is 11.6 Å². The topological polar surface area (TPSA) is 83.6 Å². The van der Waals surface area contributed by atoms with Crippen LogP contribution in [0.25, 0.3) is 0 Å². The summed E-state index contributed by atoms with van der Waals surface area (Å²) in [7, 11) is -2.41. The van der Waals surface area contributed by atoms with Crippen molar-refractivity contribution in [2.45, 2.75) is 18.2 Å². The Morgan fingerprint density at radius 2 is 1.70 bits per heavy atom. The molecule has 27 heavy (non-hydrogen) atoms. The summed E-state index contributed by atoms with van der Waals surface area (Å²) in [6, 6.07) is 13.0. The van der Waals surface area contributed by atoms with Gasteiger partial charge in [-0.05, 0) is 42.3 Å². The molecule has 0 bridgehead atoms. The molecular formula is C19H21ClN2O4S. The van der Waals surface area contributed by atoms with Crippen LogP contribution in [0.5, 0.6) is 0 Å². The summed E-state index contributed by atoms with van der Waals surface area (Å²) in [4.78, 5) is 25.6. The van der Waals surface area contributed by atoms with Crippen LogP contribution in [0.15, 0.2) is 53.4 Å². The van der Waals surface area contributed by atoms with Gasteiger partial charge in [-0.2, -0.15) is 0 Å². The molecule has 0 aliphatic rings. The molecular weight excluding hydrogens is 388 g/mol. The molecule has 0 heterocycles. The van der Waals surface area contributed by atoms with Crippen LogP contribution in [0.4, 0.5) is 5.69 Å². The number of carbonyl (C=O) groups is 2. The van der Waals surface area contributed by atoms with Crippen LogP contribution in [-0.4, -0.2) is 44.5 Å². The first-order valence-corrected chi connectivity index (χ1v) is 10.4. The summed E-state index contributed by atoms with van der Waals surface area (Å²) in [5, 5.41) is 3.16. The number of rotatable bonds is 7. The Balaban J connectivity index is 1.98. The molecule has 6 nitrogen and oxygen atoms in total. The van der Waals surface area contributed by atoms with Gasteiger partial charge in [0.15, 0.2) is 9.84 Å². The van der Waals surface area contributed by atoms with Crippen molar-refractivity contribution in [3.05, 3.63) is 59.1 Å². The molecule has 144 valence electrons. The highest BCUT2D eigenvalue weighted by Crippen LogP contribution is 2.17. The highest BCUT2D eigenvalue weighted by molar-refractivity contribution is 7.92. The molecule has 2 aromatic carbocycles. The predicted molar refractivity (Wildman–Crippen MR) is 106 cm³/mol. The lowest BCUT2D eigenvalue weighted by Gasteiger charge is -2.17. The zero-order chi connectivity index (χ0) is 20.0. The van der Waals surface area contributed by atoms with Crippen LogP contribution in [0.2, 0.25) is 5.02 Å². The Bertz CT molecular complexity index is 927. The third kappa shape index (κ3) is 5.80. The smallest absolute Gasteiger partial charge is 0.243 e. The van der Waals surface area contributed by atoms with E-state index < -0.39 is 27.4 Å². The second-order valence-electron chi connectivity index (χ2n) is 6.02. The number of aryl methyl sites for hydroxylation is 1. The molecule has 8 heteroatoms. The number of nitrogens with one attached hydrogen (secondary N) is 1. The monoisotopic (exact) mass is 408 g/mol. The maximum Gasteiger partial charge on any atom is 0.243 e. The Morgan fingerprint density at radius 1 is 1.07 bits per heavy atom. The number of amides is 2. The minimum Gasteiger partial charge on any atom is -0.336 e. The fourth-order valence-corrected chi connectivity index (χ4v) is 3.83. The molecule has 0 saturated carbocycles. The van der Waals surface area contributed by atoms with Gasteiger partial charge in [-0.3, -0.25) is 9.59 Å². The van der Waals surface area contributed by atoms with Crippen LogP contribution in [0, 0.1) is 0 Å². The number of anilines is 1. The summed E-state index contributed by atoms with van der Waals surface area (Å²) < 4.78 is 24.7. The third-order valence-corrected chi connectivity index (χ3v) is 5.83. The highest BCUT2D eigenvalue weighted by atomic mass is 35.5. The number of carbonyl (C=O) groups excluding carboxylic acids is 2. The standard InChI is InChI=1S/C19H21ClN2O4S/c1-3-14-6-4-5-7-17(14)21-18(23)12-22(2)19(24)13-27(25,26)16-10-8-15(20)9-11-16/h4-11H,3,12-13H2,1-2H3,(H,21,23). The van der Waals surface area contributed by atoms with Gasteiger partial charge in [-0.1, -0.05) is 36.7 Å². The zero-order valence-corrected chi connectivity index (χ0v) is 16.7. The molecule has 0 aliphatic heterocycles. The number of nitrogens with zero attached hydrogens (tertiary/aromatic N) is 1. The van der Waals surface area contributed by atoms with Gasteiger partial charge in [-0.15, -0.1) is 0 Å². The fourth-order valence-electron chi connectivity index (χ4n) is 2.44. The van der Waals surface area contributed by atoms with E-state index in [2.05, 4.69) is 5.32 Å². The summed E-state index contributed by atoms with van der Waals surface area (Å²) in [5.41, 5.74) is 1.66. The van der Waals surface area contributed by atoms with Gasteiger partial charge >= 0.3 is 0 Å². The molecule has 2 aromatic rings. The van der Waals surface area contributed by atoms with Gasteiger partial charge in [0.25, 0.3) is 0 Å². The molecule has 0 radical (unpaired) electrons. The number of hydrogen-bond donors (Lipinski definition) is 1. The maximum atomic E-state index is 12.3. The van der Waals surface area contributed by atoms with E-state index in [0.29, 0.717) is 10.7 Å². The van der Waals surface area contributed by atoms with Crippen molar-refractivity contribution < 1.29 is 18.0 Å². The highest BCUT2D eigenvalue weighted by Gasteiger charge is 2.23. The predicted octanol–water partition coefficient (Wildman–Crippen LogP) is 2.77. The maximum absolute atomic E-state index is 12.3. The molecule has 0 saturated heterocycles. The molecule has 0 unspecified atom stereocenters. The summed E-state index contributed by atoms with van der Waals surface area (Å²) in [6.07, 6.45) is 0.755. The molecule has 2 rings (SSSR count). The number of benzene rings is 2. The number of para-hydroxylation sites is 1. The lowest BCUT2D eigenvalue weighted by atomic mass is 10.1. The van der Waals surface area contributed by atoms with E-state index >= 15 is 0 Å². The minimum atomic E-state index is -3.81. The van der Waals surface area contributed by atoms with E-state index in [4.69, 9.17) is 11.6 Å². The van der Waals surface area contributed by atoms with Gasteiger partial charge in [0.05, 0.1) is 11.4 Å². The van der Waals surface area contributed by atoms with Crippen LogP contribution < -0.4 is 5.32 Å². The largest absolute Gasteiger partial charge is 0.336 e. The molecule has 0 aromatic heterocycles. The Kier molecular flexibility index (Phi) is 6.98. The Hall–Kier alpha value is -2.38. The number of hydrogen-bond acceptors (Lipinski definition) is 4. The first-order chi connectivity index (χ1) is 12.7. The van der Waals surface area contributed by atoms with Crippen molar-refractivity contribution >= 4 is 38.9 Å². The average Bonchev–Trinajstić information content (AvgIpc) is 2.62. The van der Waals surface area contributed by atoms with Crippen molar-refractivity contribution in [1.29, 1.82) is 0 Å². The van der Waals surface area contributed by atoms with E-state index in [1.54, 1.807) is 6.07 Å². The quantitative estimate of drug-likeness (QED) is 0.763. The average molecular weight is 409 g/mol. The zero-order valence-electron chi connectivity index (χ0n) is 15.1. The SMILES string of the molecule is CCc1ccccc1NC(=O)CN(C)C(=O)CS(=O)(=O)c1ccc(Cl)cc1. The number of sulfone groups is 1. The lowest BCUT2D eigenvalue weighted by molar-refractivity contribution is -0.131. The van der Waals surface area contributed by atoms with Gasteiger partial charge in [0.1, 0.15) is 5.75 Å². The Morgan fingerprint density at radius 3 is 2.33 bits per heavy atom. The minimum absolute atomic E-state index is 0.00924. The van der Waals surface area contributed by atoms with Crippen molar-refractivity contribution in [2.24, 2.45) is 0 Å². The number of likely N-dealkylation sites (N-methyl/N-ethyl adjacent to an activating group) is 1. The van der Waals surface area contributed by atoms with Gasteiger partial charge in [-0.25, -0.2) is 8.42 Å². The second kappa shape index (κ2) is 9.01. The van der Waals surface area contributed by atoms with E-state index in [9.17, 15) is 18.0 Å².